The summed E-state index contributed by atoms with van der Waals surface area (Å²) < 4.78 is 26.7. The lowest BCUT2D eigenvalue weighted by Crippen LogP contribution is -2.31. The van der Waals surface area contributed by atoms with E-state index < -0.39 is 17.8 Å². The fraction of sp³-hybridized carbons (Fsp3) is 0.467. The largest absolute Gasteiger partial charge is 0.464 e. The third-order valence-corrected chi connectivity index (χ3v) is 4.12. The molecule has 2 aromatic rings. The number of aromatic nitrogens is 2. The average Bonchev–Trinajstić information content (AvgIpc) is 3.13. The first-order valence-corrected chi connectivity index (χ1v) is 8.23. The molecule has 0 aliphatic carbocycles. The van der Waals surface area contributed by atoms with E-state index >= 15 is 0 Å². The molecule has 2 heterocycles. The third-order valence-electron chi connectivity index (χ3n) is 3.67. The molecule has 2 unspecified atom stereocenters. The topological polar surface area (TPSA) is 65.4 Å². The lowest BCUT2D eigenvalue weighted by Gasteiger charge is -2.19. The second-order valence-electron chi connectivity index (χ2n) is 5.25. The molecule has 1 fully saturated rings. The van der Waals surface area contributed by atoms with Gasteiger partial charge in [0.1, 0.15) is 12.0 Å². The van der Waals surface area contributed by atoms with Gasteiger partial charge in [-0.1, -0.05) is 15.9 Å². The van der Waals surface area contributed by atoms with Crippen molar-refractivity contribution in [2.45, 2.75) is 25.6 Å². The maximum absolute atomic E-state index is 14.0. The molecule has 0 radical (unpaired) electrons. The number of fused-ring (bicyclic) bond motifs is 1. The van der Waals surface area contributed by atoms with Gasteiger partial charge in [-0.3, -0.25) is 10.00 Å². The predicted octanol–water partition coefficient (Wildman–Crippen LogP) is 2.38. The maximum atomic E-state index is 14.0. The lowest BCUT2D eigenvalue weighted by molar-refractivity contribution is -0.148. The molecule has 0 amide bonds. The van der Waals surface area contributed by atoms with Crippen molar-refractivity contribution in [1.29, 1.82) is 0 Å². The first-order valence-electron chi connectivity index (χ1n) is 7.44. The minimum Gasteiger partial charge on any atom is -0.464 e. The summed E-state index contributed by atoms with van der Waals surface area (Å²) in [5, 5.41) is 7.86. The van der Waals surface area contributed by atoms with Crippen molar-refractivity contribution >= 4 is 32.8 Å². The molecule has 1 aromatic heterocycles. The van der Waals surface area contributed by atoms with E-state index in [0.717, 1.165) is 6.54 Å². The highest BCUT2D eigenvalue weighted by atomic mass is 79.9. The van der Waals surface area contributed by atoms with Crippen LogP contribution in [0, 0.1) is 5.82 Å². The van der Waals surface area contributed by atoms with Crippen LogP contribution < -0.4 is 5.32 Å². The number of nitrogens with zero attached hydrogens (tertiary/aromatic N) is 2. The first kappa shape index (κ1) is 16.4. The van der Waals surface area contributed by atoms with Gasteiger partial charge in [-0.25, -0.2) is 9.18 Å². The summed E-state index contributed by atoms with van der Waals surface area (Å²) >= 11 is 3.24. The lowest BCUT2D eigenvalue weighted by atomic mass is 10.2. The highest BCUT2D eigenvalue weighted by molar-refractivity contribution is 9.10. The Morgan fingerprint density at radius 2 is 2.48 bits per heavy atom. The molecule has 0 bridgehead atoms. The molecule has 3 rings (SSSR count). The van der Waals surface area contributed by atoms with E-state index in [1.54, 1.807) is 13.0 Å². The van der Waals surface area contributed by atoms with E-state index in [9.17, 15) is 9.18 Å². The van der Waals surface area contributed by atoms with Gasteiger partial charge in [0.15, 0.2) is 6.04 Å². The molecule has 124 valence electrons. The van der Waals surface area contributed by atoms with Gasteiger partial charge in [-0.05, 0) is 19.1 Å². The van der Waals surface area contributed by atoms with Crippen LogP contribution in [-0.4, -0.2) is 41.7 Å². The van der Waals surface area contributed by atoms with E-state index in [-0.39, 0.29) is 12.8 Å². The van der Waals surface area contributed by atoms with Crippen molar-refractivity contribution in [2.75, 3.05) is 19.8 Å². The van der Waals surface area contributed by atoms with Gasteiger partial charge in [-0.2, -0.15) is 5.10 Å². The number of benzene rings is 1. The molecular formula is C15H17BrFN3O3. The SMILES string of the molecule is CCOC(=O)C(CC1NCCO1)n1cc2c(F)cc(Br)cc2n1. The molecule has 2 atom stereocenters. The number of esters is 1. The Morgan fingerprint density at radius 3 is 3.17 bits per heavy atom. The van der Waals surface area contributed by atoms with E-state index in [0.29, 0.717) is 28.4 Å². The van der Waals surface area contributed by atoms with Crippen LogP contribution in [0.4, 0.5) is 4.39 Å². The Labute approximate surface area is 141 Å². The standard InChI is InChI=1S/C15H17BrFN3O3/c1-2-22-15(21)13(7-14-18-3-4-23-14)20-8-10-11(17)5-9(16)6-12(10)19-20/h5-6,8,13-14,18H,2-4,7H2,1H3. The number of rotatable bonds is 5. The second-order valence-corrected chi connectivity index (χ2v) is 6.16. The van der Waals surface area contributed by atoms with E-state index in [2.05, 4.69) is 26.3 Å². The Bertz CT molecular complexity index is 715. The van der Waals surface area contributed by atoms with Crippen LogP contribution in [0.15, 0.2) is 22.8 Å². The van der Waals surface area contributed by atoms with E-state index in [4.69, 9.17) is 9.47 Å². The molecule has 6 nitrogen and oxygen atoms in total. The molecule has 1 aliphatic rings. The average molecular weight is 386 g/mol. The fourth-order valence-electron chi connectivity index (χ4n) is 2.61. The normalized spacial score (nSPS) is 19.2. The van der Waals surface area contributed by atoms with Crippen molar-refractivity contribution < 1.29 is 18.7 Å². The summed E-state index contributed by atoms with van der Waals surface area (Å²) in [6.45, 7) is 3.36. The fourth-order valence-corrected chi connectivity index (χ4v) is 3.03. The molecule has 1 saturated heterocycles. The highest BCUT2D eigenvalue weighted by Gasteiger charge is 2.29. The van der Waals surface area contributed by atoms with Gasteiger partial charge < -0.3 is 9.47 Å². The Balaban J connectivity index is 1.94. The van der Waals surface area contributed by atoms with Crippen LogP contribution in [0.2, 0.25) is 0 Å². The highest BCUT2D eigenvalue weighted by Crippen LogP contribution is 2.25. The van der Waals surface area contributed by atoms with Crippen molar-refractivity contribution in [2.24, 2.45) is 0 Å². The Kier molecular flexibility index (Phi) is 4.93. The minimum atomic E-state index is -0.670. The van der Waals surface area contributed by atoms with Crippen molar-refractivity contribution in [3.63, 3.8) is 0 Å². The monoisotopic (exact) mass is 385 g/mol. The van der Waals surface area contributed by atoms with Crippen LogP contribution in [0.5, 0.6) is 0 Å². The summed E-state index contributed by atoms with van der Waals surface area (Å²) in [5.74, 6) is -0.796. The molecule has 1 N–H and O–H groups in total. The number of hydrogen-bond donors (Lipinski definition) is 1. The molecule has 0 spiro atoms. The summed E-state index contributed by atoms with van der Waals surface area (Å²) in [6, 6.07) is 2.41. The quantitative estimate of drug-likeness (QED) is 0.800. The van der Waals surface area contributed by atoms with Crippen LogP contribution >= 0.6 is 15.9 Å². The van der Waals surface area contributed by atoms with Gasteiger partial charge in [0.2, 0.25) is 0 Å². The molecule has 8 heteroatoms. The van der Waals surface area contributed by atoms with Gasteiger partial charge in [0, 0.05) is 23.6 Å². The van der Waals surface area contributed by atoms with Crippen LogP contribution in [-0.2, 0) is 14.3 Å². The van der Waals surface area contributed by atoms with E-state index in [1.165, 1.54) is 16.9 Å². The summed E-state index contributed by atoms with van der Waals surface area (Å²) in [6.07, 6.45) is 1.66. The first-order chi connectivity index (χ1) is 11.1. The maximum Gasteiger partial charge on any atom is 0.331 e. The second kappa shape index (κ2) is 6.94. The zero-order chi connectivity index (χ0) is 16.4. The van der Waals surface area contributed by atoms with E-state index in [1.807, 2.05) is 0 Å². The van der Waals surface area contributed by atoms with Crippen LogP contribution in [0.1, 0.15) is 19.4 Å². The number of carbonyl (C=O) groups excluding carboxylic acids is 1. The molecular weight excluding hydrogens is 369 g/mol. The summed E-state index contributed by atoms with van der Waals surface area (Å²) in [7, 11) is 0. The number of carbonyl (C=O) groups is 1. The number of halogens is 2. The molecule has 1 aromatic carbocycles. The van der Waals surface area contributed by atoms with Crippen molar-refractivity contribution in [3.05, 3.63) is 28.6 Å². The van der Waals surface area contributed by atoms with Gasteiger partial charge in [0.25, 0.3) is 0 Å². The zero-order valence-corrected chi connectivity index (χ0v) is 14.2. The number of hydrogen-bond acceptors (Lipinski definition) is 5. The summed E-state index contributed by atoms with van der Waals surface area (Å²) in [5.41, 5.74) is 0.478. The van der Waals surface area contributed by atoms with Crippen LogP contribution in [0.25, 0.3) is 10.9 Å². The number of ether oxygens (including phenoxy) is 2. The van der Waals surface area contributed by atoms with Crippen molar-refractivity contribution in [1.82, 2.24) is 15.1 Å². The third kappa shape index (κ3) is 3.54. The molecule has 1 aliphatic heterocycles. The predicted molar refractivity (Wildman–Crippen MR) is 85.4 cm³/mol. The molecule has 23 heavy (non-hydrogen) atoms. The van der Waals surface area contributed by atoms with Gasteiger partial charge in [-0.15, -0.1) is 0 Å². The zero-order valence-electron chi connectivity index (χ0n) is 12.6. The minimum absolute atomic E-state index is 0.242. The Morgan fingerprint density at radius 1 is 1.65 bits per heavy atom. The van der Waals surface area contributed by atoms with Crippen LogP contribution in [0.3, 0.4) is 0 Å². The van der Waals surface area contributed by atoms with Gasteiger partial charge in [0.05, 0.1) is 24.1 Å². The summed E-state index contributed by atoms with van der Waals surface area (Å²) in [4.78, 5) is 12.3. The Hall–Kier alpha value is -1.51. The van der Waals surface area contributed by atoms with Gasteiger partial charge >= 0.3 is 5.97 Å². The smallest absolute Gasteiger partial charge is 0.331 e. The number of nitrogens with one attached hydrogen (secondary N) is 1. The van der Waals surface area contributed by atoms with Crippen molar-refractivity contribution in [3.8, 4) is 0 Å². The molecule has 0 saturated carbocycles.